The van der Waals surface area contributed by atoms with E-state index in [1.54, 1.807) is 7.11 Å². The molecule has 0 aliphatic heterocycles. The van der Waals surface area contributed by atoms with E-state index >= 15 is 0 Å². The first-order valence-electron chi connectivity index (χ1n) is 5.65. The Morgan fingerprint density at radius 1 is 1.19 bits per heavy atom. The number of methoxy groups -OCH3 is 1. The Morgan fingerprint density at radius 3 is 2.44 bits per heavy atom. The molecule has 3 nitrogen and oxygen atoms in total. The van der Waals surface area contributed by atoms with Crippen LogP contribution in [0.25, 0.3) is 0 Å². The Balaban J connectivity index is 2.37. The Bertz CT molecular complexity index is 282. The number of aliphatic hydroxyl groups is 1. The quantitative estimate of drug-likeness (QED) is 0.770. The van der Waals surface area contributed by atoms with Gasteiger partial charge in [0.15, 0.2) is 0 Å². The number of aliphatic hydroxyl groups excluding tert-OH is 1. The molecule has 16 heavy (non-hydrogen) atoms. The zero-order chi connectivity index (χ0) is 11.8. The second kappa shape index (κ2) is 7.25. The van der Waals surface area contributed by atoms with Crippen LogP contribution >= 0.6 is 0 Å². The van der Waals surface area contributed by atoms with Gasteiger partial charge in [-0.15, -0.1) is 0 Å². The SMILES string of the molecule is CCCc1ccc(OCC(O)COC)cc1. The van der Waals surface area contributed by atoms with Crippen molar-refractivity contribution < 1.29 is 14.6 Å². The molecule has 1 N–H and O–H groups in total. The van der Waals surface area contributed by atoms with E-state index in [9.17, 15) is 5.11 Å². The Morgan fingerprint density at radius 2 is 1.88 bits per heavy atom. The summed E-state index contributed by atoms with van der Waals surface area (Å²) in [6.07, 6.45) is 1.67. The Labute approximate surface area is 97.0 Å². The fourth-order valence-corrected chi connectivity index (χ4v) is 1.47. The molecule has 1 unspecified atom stereocenters. The van der Waals surface area contributed by atoms with Gasteiger partial charge in [0, 0.05) is 7.11 Å². The van der Waals surface area contributed by atoms with Gasteiger partial charge in [0.2, 0.25) is 0 Å². The highest BCUT2D eigenvalue weighted by atomic mass is 16.5. The third-order valence-corrected chi connectivity index (χ3v) is 2.26. The smallest absolute Gasteiger partial charge is 0.119 e. The fourth-order valence-electron chi connectivity index (χ4n) is 1.47. The molecule has 0 spiro atoms. The molecule has 0 heterocycles. The average Bonchev–Trinajstić information content (AvgIpc) is 2.29. The minimum absolute atomic E-state index is 0.265. The number of ether oxygens (including phenoxy) is 2. The summed E-state index contributed by atoms with van der Waals surface area (Å²) in [6.45, 7) is 2.72. The van der Waals surface area contributed by atoms with Gasteiger partial charge in [-0.3, -0.25) is 0 Å². The van der Waals surface area contributed by atoms with Gasteiger partial charge in [0.05, 0.1) is 6.61 Å². The summed E-state index contributed by atoms with van der Waals surface area (Å²) >= 11 is 0. The highest BCUT2D eigenvalue weighted by Gasteiger charge is 2.04. The van der Waals surface area contributed by atoms with E-state index in [1.165, 1.54) is 5.56 Å². The van der Waals surface area contributed by atoms with E-state index in [0.717, 1.165) is 18.6 Å². The van der Waals surface area contributed by atoms with Crippen LogP contribution in [0.1, 0.15) is 18.9 Å². The molecule has 1 aromatic rings. The summed E-state index contributed by atoms with van der Waals surface area (Å²) in [7, 11) is 1.56. The molecule has 1 aromatic carbocycles. The normalized spacial score (nSPS) is 12.4. The van der Waals surface area contributed by atoms with Crippen LogP contribution in [0, 0.1) is 0 Å². The number of hydrogen-bond donors (Lipinski definition) is 1. The van der Waals surface area contributed by atoms with Crippen LogP contribution in [0.15, 0.2) is 24.3 Å². The second-order valence-corrected chi connectivity index (χ2v) is 3.81. The van der Waals surface area contributed by atoms with Gasteiger partial charge in [-0.2, -0.15) is 0 Å². The molecule has 1 rings (SSSR count). The van der Waals surface area contributed by atoms with E-state index in [4.69, 9.17) is 9.47 Å². The summed E-state index contributed by atoms with van der Waals surface area (Å²) in [5, 5.41) is 9.40. The van der Waals surface area contributed by atoms with Crippen molar-refractivity contribution in [1.29, 1.82) is 0 Å². The van der Waals surface area contributed by atoms with E-state index < -0.39 is 6.10 Å². The molecule has 0 fully saturated rings. The van der Waals surface area contributed by atoms with Crippen LogP contribution in [0.5, 0.6) is 5.75 Å². The molecule has 0 bridgehead atoms. The molecular formula is C13H20O3. The van der Waals surface area contributed by atoms with Crippen molar-refractivity contribution in [2.24, 2.45) is 0 Å². The predicted molar refractivity (Wildman–Crippen MR) is 63.8 cm³/mol. The number of benzene rings is 1. The van der Waals surface area contributed by atoms with E-state index in [1.807, 2.05) is 12.1 Å². The summed E-state index contributed by atoms with van der Waals surface area (Å²) in [4.78, 5) is 0. The number of aryl methyl sites for hydroxylation is 1. The van der Waals surface area contributed by atoms with Crippen molar-refractivity contribution in [2.75, 3.05) is 20.3 Å². The van der Waals surface area contributed by atoms with Crippen LogP contribution in [-0.4, -0.2) is 31.5 Å². The molecule has 0 saturated carbocycles. The summed E-state index contributed by atoms with van der Waals surface area (Å²) in [5.74, 6) is 0.787. The molecule has 0 aromatic heterocycles. The molecule has 0 aliphatic carbocycles. The zero-order valence-corrected chi connectivity index (χ0v) is 9.98. The van der Waals surface area contributed by atoms with Crippen molar-refractivity contribution in [2.45, 2.75) is 25.9 Å². The minimum Gasteiger partial charge on any atom is -0.491 e. The molecule has 0 amide bonds. The van der Waals surface area contributed by atoms with E-state index in [-0.39, 0.29) is 6.61 Å². The van der Waals surface area contributed by atoms with Gasteiger partial charge in [-0.05, 0) is 24.1 Å². The van der Waals surface area contributed by atoms with Crippen LogP contribution in [-0.2, 0) is 11.2 Å². The third-order valence-electron chi connectivity index (χ3n) is 2.26. The number of rotatable bonds is 7. The third kappa shape index (κ3) is 4.64. The van der Waals surface area contributed by atoms with E-state index in [2.05, 4.69) is 19.1 Å². The first-order chi connectivity index (χ1) is 7.76. The van der Waals surface area contributed by atoms with Gasteiger partial charge < -0.3 is 14.6 Å². The Hall–Kier alpha value is -1.06. The van der Waals surface area contributed by atoms with Crippen molar-refractivity contribution in [3.63, 3.8) is 0 Å². The van der Waals surface area contributed by atoms with Crippen LogP contribution in [0.3, 0.4) is 0 Å². The lowest BCUT2D eigenvalue weighted by atomic mass is 10.1. The van der Waals surface area contributed by atoms with E-state index in [0.29, 0.717) is 6.61 Å². The number of hydrogen-bond acceptors (Lipinski definition) is 3. The fraction of sp³-hybridized carbons (Fsp3) is 0.538. The first-order valence-corrected chi connectivity index (χ1v) is 5.65. The summed E-state index contributed by atoms with van der Waals surface area (Å²) in [6, 6.07) is 7.98. The van der Waals surface area contributed by atoms with Crippen molar-refractivity contribution in [1.82, 2.24) is 0 Å². The molecule has 0 radical (unpaired) electrons. The average molecular weight is 224 g/mol. The molecular weight excluding hydrogens is 204 g/mol. The van der Waals surface area contributed by atoms with Crippen LogP contribution < -0.4 is 4.74 Å². The van der Waals surface area contributed by atoms with Crippen molar-refractivity contribution in [3.05, 3.63) is 29.8 Å². The van der Waals surface area contributed by atoms with Gasteiger partial charge >= 0.3 is 0 Å². The van der Waals surface area contributed by atoms with Crippen molar-refractivity contribution in [3.8, 4) is 5.75 Å². The maximum Gasteiger partial charge on any atom is 0.119 e. The van der Waals surface area contributed by atoms with Crippen LogP contribution in [0.2, 0.25) is 0 Å². The molecule has 90 valence electrons. The second-order valence-electron chi connectivity index (χ2n) is 3.81. The molecule has 0 aliphatic rings. The van der Waals surface area contributed by atoms with Gasteiger partial charge in [0.1, 0.15) is 18.5 Å². The molecule has 1 atom stereocenters. The Kier molecular flexibility index (Phi) is 5.90. The summed E-state index contributed by atoms with van der Waals surface area (Å²) < 4.78 is 10.2. The van der Waals surface area contributed by atoms with Gasteiger partial charge in [-0.25, -0.2) is 0 Å². The van der Waals surface area contributed by atoms with Gasteiger partial charge in [0.25, 0.3) is 0 Å². The maximum absolute atomic E-state index is 9.40. The predicted octanol–water partition coefficient (Wildman–Crippen LogP) is 2.03. The lowest BCUT2D eigenvalue weighted by Gasteiger charge is -2.11. The lowest BCUT2D eigenvalue weighted by molar-refractivity contribution is 0.0325. The minimum atomic E-state index is -0.569. The standard InChI is InChI=1S/C13H20O3/c1-3-4-11-5-7-13(8-6-11)16-10-12(14)9-15-2/h5-8,12,14H,3-4,9-10H2,1-2H3. The molecule has 0 saturated heterocycles. The van der Waals surface area contributed by atoms with Crippen LogP contribution in [0.4, 0.5) is 0 Å². The highest BCUT2D eigenvalue weighted by molar-refractivity contribution is 5.27. The van der Waals surface area contributed by atoms with Gasteiger partial charge in [-0.1, -0.05) is 25.5 Å². The first kappa shape index (κ1) is 13.0. The summed E-state index contributed by atoms with van der Waals surface area (Å²) in [5.41, 5.74) is 1.31. The monoisotopic (exact) mass is 224 g/mol. The largest absolute Gasteiger partial charge is 0.491 e. The topological polar surface area (TPSA) is 38.7 Å². The zero-order valence-electron chi connectivity index (χ0n) is 9.98. The maximum atomic E-state index is 9.40. The molecule has 3 heteroatoms. The lowest BCUT2D eigenvalue weighted by Crippen LogP contribution is -2.22. The van der Waals surface area contributed by atoms with Crippen molar-refractivity contribution >= 4 is 0 Å². The highest BCUT2D eigenvalue weighted by Crippen LogP contribution is 2.13.